The molecule has 0 aromatic carbocycles. The van der Waals surface area contributed by atoms with Gasteiger partial charge in [-0.1, -0.05) is 41.0 Å². The number of aromatic nitrogens is 4. The third kappa shape index (κ3) is 6.23. The maximum atomic E-state index is 11.0. The van der Waals surface area contributed by atoms with Crippen LogP contribution in [0.3, 0.4) is 0 Å². The molecule has 6 heteroatoms. The predicted octanol–water partition coefficient (Wildman–Crippen LogP) is 3.10. The quantitative estimate of drug-likeness (QED) is 0.797. The molecule has 21 heavy (non-hydrogen) atoms. The van der Waals surface area contributed by atoms with E-state index in [4.69, 9.17) is 5.11 Å². The SMILES string of the molecule is CCCC(CC(=O)O)n1nnnc1CC(C)CC(C)(C)C. The Labute approximate surface area is 126 Å². The van der Waals surface area contributed by atoms with Crippen LogP contribution < -0.4 is 0 Å². The fourth-order valence-corrected chi connectivity index (χ4v) is 2.91. The van der Waals surface area contributed by atoms with Gasteiger partial charge in [-0.25, -0.2) is 4.68 Å². The highest BCUT2D eigenvalue weighted by atomic mass is 16.4. The van der Waals surface area contributed by atoms with Crippen LogP contribution in [-0.4, -0.2) is 31.3 Å². The Bertz CT molecular complexity index is 451. The molecule has 0 aliphatic carbocycles. The van der Waals surface area contributed by atoms with Crippen LogP contribution in [0, 0.1) is 11.3 Å². The van der Waals surface area contributed by atoms with Crippen LogP contribution in [0.25, 0.3) is 0 Å². The van der Waals surface area contributed by atoms with Gasteiger partial charge in [0.25, 0.3) is 0 Å². The van der Waals surface area contributed by atoms with E-state index in [0.29, 0.717) is 5.92 Å². The second kappa shape index (κ2) is 7.52. The average Bonchev–Trinajstić information content (AvgIpc) is 2.73. The summed E-state index contributed by atoms with van der Waals surface area (Å²) in [7, 11) is 0. The topological polar surface area (TPSA) is 80.9 Å². The minimum atomic E-state index is -0.808. The second-order valence-corrected chi connectivity index (χ2v) is 7.15. The van der Waals surface area contributed by atoms with E-state index in [1.165, 1.54) is 0 Å². The highest BCUT2D eigenvalue weighted by Gasteiger charge is 2.22. The zero-order chi connectivity index (χ0) is 16.0. The smallest absolute Gasteiger partial charge is 0.305 e. The monoisotopic (exact) mass is 296 g/mol. The van der Waals surface area contributed by atoms with Gasteiger partial charge in [-0.2, -0.15) is 0 Å². The van der Waals surface area contributed by atoms with E-state index < -0.39 is 5.97 Å². The molecule has 1 aromatic rings. The number of carboxylic acid groups (broad SMARTS) is 1. The highest BCUT2D eigenvalue weighted by molar-refractivity contribution is 5.67. The molecule has 0 spiro atoms. The molecule has 6 nitrogen and oxygen atoms in total. The van der Waals surface area contributed by atoms with Crippen molar-refractivity contribution in [3.05, 3.63) is 5.82 Å². The van der Waals surface area contributed by atoms with Gasteiger partial charge in [0.15, 0.2) is 5.82 Å². The van der Waals surface area contributed by atoms with Crippen molar-refractivity contribution < 1.29 is 9.90 Å². The summed E-state index contributed by atoms with van der Waals surface area (Å²) >= 11 is 0. The molecular formula is C15H28N4O2. The fraction of sp³-hybridized carbons (Fsp3) is 0.867. The van der Waals surface area contributed by atoms with E-state index in [9.17, 15) is 4.79 Å². The molecule has 0 fully saturated rings. The first-order chi connectivity index (χ1) is 9.73. The van der Waals surface area contributed by atoms with Crippen LogP contribution >= 0.6 is 0 Å². The van der Waals surface area contributed by atoms with Crippen LogP contribution in [0.4, 0.5) is 0 Å². The third-order valence-electron chi connectivity index (χ3n) is 3.43. The van der Waals surface area contributed by atoms with Crippen molar-refractivity contribution in [2.24, 2.45) is 11.3 Å². The number of aliphatic carboxylic acids is 1. The minimum Gasteiger partial charge on any atom is -0.481 e. The molecule has 2 atom stereocenters. The number of hydrogen-bond acceptors (Lipinski definition) is 4. The van der Waals surface area contributed by atoms with Gasteiger partial charge in [-0.15, -0.1) is 5.10 Å². The van der Waals surface area contributed by atoms with Gasteiger partial charge in [0, 0.05) is 6.42 Å². The molecular weight excluding hydrogens is 268 g/mol. The van der Waals surface area contributed by atoms with Gasteiger partial charge < -0.3 is 5.11 Å². The highest BCUT2D eigenvalue weighted by Crippen LogP contribution is 2.27. The minimum absolute atomic E-state index is 0.0690. The van der Waals surface area contributed by atoms with Crippen molar-refractivity contribution in [3.8, 4) is 0 Å². The molecule has 120 valence electrons. The van der Waals surface area contributed by atoms with E-state index >= 15 is 0 Å². The summed E-state index contributed by atoms with van der Waals surface area (Å²) in [5, 5.41) is 20.9. The van der Waals surface area contributed by atoms with Crippen molar-refractivity contribution in [1.82, 2.24) is 20.2 Å². The Kier molecular flexibility index (Phi) is 6.30. The van der Waals surface area contributed by atoms with E-state index in [0.717, 1.165) is 31.5 Å². The molecule has 1 aromatic heterocycles. The van der Waals surface area contributed by atoms with Crippen LogP contribution in [0.15, 0.2) is 0 Å². The van der Waals surface area contributed by atoms with Crippen LogP contribution in [0.5, 0.6) is 0 Å². The first-order valence-electron chi connectivity index (χ1n) is 7.71. The van der Waals surface area contributed by atoms with E-state index in [1.54, 1.807) is 4.68 Å². The number of hydrogen-bond donors (Lipinski definition) is 1. The Balaban J connectivity index is 2.81. The van der Waals surface area contributed by atoms with Crippen molar-refractivity contribution in [1.29, 1.82) is 0 Å². The Morgan fingerprint density at radius 2 is 2.05 bits per heavy atom. The van der Waals surface area contributed by atoms with Crippen molar-refractivity contribution in [2.75, 3.05) is 0 Å². The molecule has 0 aliphatic heterocycles. The summed E-state index contributed by atoms with van der Waals surface area (Å²) in [6.07, 6.45) is 3.62. The zero-order valence-corrected chi connectivity index (χ0v) is 13.8. The number of carboxylic acids is 1. The van der Waals surface area contributed by atoms with Crippen LogP contribution in [0.2, 0.25) is 0 Å². The Morgan fingerprint density at radius 1 is 1.38 bits per heavy atom. The molecule has 1 heterocycles. The molecule has 0 bridgehead atoms. The van der Waals surface area contributed by atoms with Gasteiger partial charge >= 0.3 is 5.97 Å². The first kappa shape index (κ1) is 17.6. The normalized spacial score (nSPS) is 14.9. The molecule has 0 saturated carbocycles. The van der Waals surface area contributed by atoms with Crippen LogP contribution in [0.1, 0.15) is 72.2 Å². The standard InChI is InChI=1S/C15H28N4O2/c1-6-7-12(9-14(20)21)19-13(16-17-18-19)8-11(2)10-15(3,4)5/h11-12H,6-10H2,1-5H3,(H,20,21). The first-order valence-corrected chi connectivity index (χ1v) is 7.71. The van der Waals surface area contributed by atoms with Gasteiger partial charge in [0.1, 0.15) is 0 Å². The summed E-state index contributed by atoms with van der Waals surface area (Å²) in [6, 6.07) is -0.153. The van der Waals surface area contributed by atoms with Crippen molar-refractivity contribution in [2.45, 2.75) is 72.8 Å². The number of carbonyl (C=O) groups is 1. The Hall–Kier alpha value is -1.46. The second-order valence-electron chi connectivity index (χ2n) is 7.15. The van der Waals surface area contributed by atoms with Crippen molar-refractivity contribution in [3.63, 3.8) is 0 Å². The lowest BCUT2D eigenvalue weighted by Gasteiger charge is -2.23. The zero-order valence-electron chi connectivity index (χ0n) is 13.8. The summed E-state index contributed by atoms with van der Waals surface area (Å²) < 4.78 is 1.72. The summed E-state index contributed by atoms with van der Waals surface area (Å²) in [4.78, 5) is 11.0. The summed E-state index contributed by atoms with van der Waals surface area (Å²) in [6.45, 7) is 10.9. The number of nitrogens with zero attached hydrogens (tertiary/aromatic N) is 4. The third-order valence-corrected chi connectivity index (χ3v) is 3.43. The lowest BCUT2D eigenvalue weighted by Crippen LogP contribution is -2.20. The number of tetrazole rings is 1. The molecule has 0 aliphatic rings. The molecule has 2 unspecified atom stereocenters. The fourth-order valence-electron chi connectivity index (χ4n) is 2.91. The van der Waals surface area contributed by atoms with Gasteiger partial charge in [0.05, 0.1) is 12.5 Å². The Morgan fingerprint density at radius 3 is 2.57 bits per heavy atom. The van der Waals surface area contributed by atoms with E-state index in [2.05, 4.69) is 43.2 Å². The summed E-state index contributed by atoms with van der Waals surface area (Å²) in [5.41, 5.74) is 0.265. The van der Waals surface area contributed by atoms with Gasteiger partial charge in [-0.3, -0.25) is 4.79 Å². The van der Waals surface area contributed by atoms with E-state index in [1.807, 2.05) is 6.92 Å². The largest absolute Gasteiger partial charge is 0.481 e. The molecule has 0 amide bonds. The lowest BCUT2D eigenvalue weighted by molar-refractivity contribution is -0.138. The van der Waals surface area contributed by atoms with Crippen LogP contribution in [-0.2, 0) is 11.2 Å². The molecule has 0 saturated heterocycles. The van der Waals surface area contributed by atoms with E-state index in [-0.39, 0.29) is 17.9 Å². The molecule has 1 N–H and O–H groups in total. The van der Waals surface area contributed by atoms with Crippen molar-refractivity contribution >= 4 is 5.97 Å². The molecule has 1 rings (SSSR count). The maximum absolute atomic E-state index is 11.0. The maximum Gasteiger partial charge on any atom is 0.305 e. The predicted molar refractivity (Wildman–Crippen MR) is 81.0 cm³/mol. The van der Waals surface area contributed by atoms with Gasteiger partial charge in [0.2, 0.25) is 0 Å². The van der Waals surface area contributed by atoms with Gasteiger partial charge in [-0.05, 0) is 34.6 Å². The summed E-state index contributed by atoms with van der Waals surface area (Å²) in [5.74, 6) is 0.450. The lowest BCUT2D eigenvalue weighted by atomic mass is 9.84. The average molecular weight is 296 g/mol. The number of rotatable bonds is 8. The molecule has 0 radical (unpaired) electrons.